The van der Waals surface area contributed by atoms with Crippen LogP contribution in [0.2, 0.25) is 0 Å². The second kappa shape index (κ2) is 8.54. The van der Waals surface area contributed by atoms with Crippen molar-refractivity contribution in [3.63, 3.8) is 0 Å². The molecule has 2 rings (SSSR count). The number of fused-ring (bicyclic) bond motifs is 1. The van der Waals surface area contributed by atoms with Gasteiger partial charge in [-0.1, -0.05) is 50.1 Å². The van der Waals surface area contributed by atoms with Crippen molar-refractivity contribution in [1.29, 1.82) is 0 Å². The number of rotatable bonds is 5. The molecule has 9 heteroatoms. The second-order valence-corrected chi connectivity index (χ2v) is 7.81. The molecule has 134 valence electrons. The molecule has 0 saturated heterocycles. The van der Waals surface area contributed by atoms with E-state index >= 15 is 0 Å². The average molecular weight is 375 g/mol. The molecular formula is C15H21NO6S2. The van der Waals surface area contributed by atoms with Gasteiger partial charge in [0.15, 0.2) is 0 Å². The van der Waals surface area contributed by atoms with Gasteiger partial charge in [0, 0.05) is 5.39 Å². The third kappa shape index (κ3) is 5.53. The molecule has 0 fully saturated rings. The number of unbranched alkanes of at least 4 members (excludes halogenated alkanes) is 2. The van der Waals surface area contributed by atoms with Crippen molar-refractivity contribution >= 4 is 31.0 Å². The third-order valence-electron chi connectivity index (χ3n) is 3.19. The van der Waals surface area contributed by atoms with Crippen LogP contribution in [0.5, 0.6) is 0 Å². The summed E-state index contributed by atoms with van der Waals surface area (Å²) in [5, 5.41) is 0.452. The van der Waals surface area contributed by atoms with Crippen molar-refractivity contribution in [1.82, 2.24) is 0 Å². The Morgan fingerprint density at radius 2 is 1.54 bits per heavy atom. The summed E-state index contributed by atoms with van der Waals surface area (Å²) >= 11 is 0. The lowest BCUT2D eigenvalue weighted by Gasteiger charge is -2.08. The van der Waals surface area contributed by atoms with Crippen molar-refractivity contribution in [3.05, 3.63) is 36.4 Å². The Bertz CT molecular complexity index is 887. The summed E-state index contributed by atoms with van der Waals surface area (Å²) < 4.78 is 63.0. The molecule has 0 aliphatic carbocycles. The molecular weight excluding hydrogens is 354 g/mol. The van der Waals surface area contributed by atoms with Gasteiger partial charge in [0.05, 0.1) is 0 Å². The lowest BCUT2D eigenvalue weighted by Crippen LogP contribution is -2.09. The summed E-state index contributed by atoms with van der Waals surface area (Å²) in [4.78, 5) is -1.66. The van der Waals surface area contributed by atoms with E-state index in [0.717, 1.165) is 12.6 Å². The van der Waals surface area contributed by atoms with E-state index in [9.17, 15) is 16.8 Å². The molecule has 0 amide bonds. The standard InChI is InChI=1S/C10H8O6S2.C5H13N/c11-17(12,13)9-6-5-7-3-1-2-4-8(7)10(9)18(14,15)16;1-2-3-4-5-6/h1-6H,(H,11,12,13)(H,14,15,16);2-6H2,1H3. The van der Waals surface area contributed by atoms with E-state index < -0.39 is 30.0 Å². The smallest absolute Gasteiger partial charge is 0.296 e. The van der Waals surface area contributed by atoms with Gasteiger partial charge in [-0.2, -0.15) is 16.8 Å². The maximum absolute atomic E-state index is 11.3. The first-order valence-corrected chi connectivity index (χ1v) is 10.2. The minimum Gasteiger partial charge on any atom is -0.330 e. The number of hydrogen-bond acceptors (Lipinski definition) is 5. The van der Waals surface area contributed by atoms with Crippen molar-refractivity contribution in [2.24, 2.45) is 5.73 Å². The van der Waals surface area contributed by atoms with Gasteiger partial charge in [-0.05, 0) is 24.4 Å². The highest BCUT2D eigenvalue weighted by Gasteiger charge is 2.26. The Hall–Kier alpha value is -1.52. The second-order valence-electron chi connectivity index (χ2n) is 5.06. The third-order valence-corrected chi connectivity index (χ3v) is 5.17. The van der Waals surface area contributed by atoms with Crippen LogP contribution in [-0.2, 0) is 20.2 Å². The fourth-order valence-corrected chi connectivity index (χ4v) is 4.09. The molecule has 0 radical (unpaired) electrons. The van der Waals surface area contributed by atoms with Crippen LogP contribution in [0, 0.1) is 0 Å². The molecule has 7 nitrogen and oxygen atoms in total. The Kier molecular flexibility index (Phi) is 7.30. The summed E-state index contributed by atoms with van der Waals surface area (Å²) in [6.45, 7) is 3.03. The zero-order chi connectivity index (χ0) is 18.4. The fourth-order valence-electron chi connectivity index (χ4n) is 2.09. The molecule has 0 heterocycles. The lowest BCUT2D eigenvalue weighted by molar-refractivity contribution is 0.467. The SMILES string of the molecule is CCCCCN.O=S(=O)(O)c1ccc2ccccc2c1S(=O)(=O)O. The lowest BCUT2D eigenvalue weighted by atomic mass is 10.1. The van der Waals surface area contributed by atoms with Crippen LogP contribution in [0.4, 0.5) is 0 Å². The maximum Gasteiger partial charge on any atom is 0.296 e. The number of benzene rings is 2. The van der Waals surface area contributed by atoms with Crippen LogP contribution in [0.1, 0.15) is 26.2 Å². The van der Waals surface area contributed by atoms with Gasteiger partial charge in [-0.25, -0.2) is 0 Å². The molecule has 0 atom stereocenters. The zero-order valence-corrected chi connectivity index (χ0v) is 14.8. The largest absolute Gasteiger partial charge is 0.330 e. The topological polar surface area (TPSA) is 135 Å². The summed E-state index contributed by atoms with van der Waals surface area (Å²) in [5.74, 6) is 0. The molecule has 0 aliphatic rings. The van der Waals surface area contributed by atoms with Crippen LogP contribution in [-0.4, -0.2) is 32.5 Å². The molecule has 24 heavy (non-hydrogen) atoms. The van der Waals surface area contributed by atoms with Gasteiger partial charge in [-0.15, -0.1) is 0 Å². The van der Waals surface area contributed by atoms with Crippen LogP contribution in [0.3, 0.4) is 0 Å². The summed E-state index contributed by atoms with van der Waals surface area (Å²) in [5.41, 5.74) is 5.21. The molecule has 0 aromatic heterocycles. The van der Waals surface area contributed by atoms with E-state index in [2.05, 4.69) is 6.92 Å². The molecule has 0 unspecified atom stereocenters. The van der Waals surface area contributed by atoms with E-state index in [1.165, 1.54) is 37.5 Å². The fraction of sp³-hybridized carbons (Fsp3) is 0.333. The quantitative estimate of drug-likeness (QED) is 0.539. The highest BCUT2D eigenvalue weighted by molar-refractivity contribution is 7.89. The highest BCUT2D eigenvalue weighted by atomic mass is 32.2. The van der Waals surface area contributed by atoms with Crippen molar-refractivity contribution in [2.75, 3.05) is 6.54 Å². The molecule has 0 spiro atoms. The number of nitrogens with two attached hydrogens (primary N) is 1. The zero-order valence-electron chi connectivity index (χ0n) is 13.2. The Labute approximate surface area is 142 Å². The highest BCUT2D eigenvalue weighted by Crippen LogP contribution is 2.29. The van der Waals surface area contributed by atoms with Crippen molar-refractivity contribution in [2.45, 2.75) is 36.0 Å². The van der Waals surface area contributed by atoms with E-state index in [1.807, 2.05) is 0 Å². The first-order chi connectivity index (χ1) is 11.1. The molecule has 0 aliphatic heterocycles. The normalized spacial score (nSPS) is 11.8. The Balaban J connectivity index is 0.000000413. The van der Waals surface area contributed by atoms with Crippen LogP contribution in [0.25, 0.3) is 10.8 Å². The predicted octanol–water partition coefficient (Wildman–Crippen LogP) is 2.47. The monoisotopic (exact) mass is 375 g/mol. The molecule has 4 N–H and O–H groups in total. The Morgan fingerprint density at radius 3 is 2.00 bits per heavy atom. The van der Waals surface area contributed by atoms with Gasteiger partial charge in [0.2, 0.25) is 0 Å². The minimum atomic E-state index is -4.78. The molecule has 0 saturated carbocycles. The predicted molar refractivity (Wildman–Crippen MR) is 92.2 cm³/mol. The maximum atomic E-state index is 11.3. The van der Waals surface area contributed by atoms with Crippen LogP contribution < -0.4 is 5.73 Å². The molecule has 0 bridgehead atoms. The van der Waals surface area contributed by atoms with E-state index in [-0.39, 0.29) is 5.39 Å². The minimum absolute atomic E-state index is 0.0233. The van der Waals surface area contributed by atoms with Gasteiger partial charge in [0.25, 0.3) is 20.2 Å². The Morgan fingerprint density at radius 1 is 0.917 bits per heavy atom. The first-order valence-electron chi connectivity index (χ1n) is 7.29. The first kappa shape index (κ1) is 20.5. The summed E-state index contributed by atoms with van der Waals surface area (Å²) in [6.07, 6.45) is 3.75. The summed E-state index contributed by atoms with van der Waals surface area (Å²) in [6, 6.07) is 8.28. The van der Waals surface area contributed by atoms with Gasteiger partial charge >= 0.3 is 0 Å². The van der Waals surface area contributed by atoms with E-state index in [1.54, 1.807) is 12.1 Å². The van der Waals surface area contributed by atoms with Crippen LogP contribution >= 0.6 is 0 Å². The molecule has 2 aromatic rings. The number of hydrogen-bond donors (Lipinski definition) is 3. The summed E-state index contributed by atoms with van der Waals surface area (Å²) in [7, 11) is -9.53. The van der Waals surface area contributed by atoms with Crippen LogP contribution in [0.15, 0.2) is 46.2 Å². The average Bonchev–Trinajstić information content (AvgIpc) is 2.50. The van der Waals surface area contributed by atoms with Gasteiger partial charge < -0.3 is 5.73 Å². The molecule has 2 aromatic carbocycles. The van der Waals surface area contributed by atoms with Crippen molar-refractivity contribution in [3.8, 4) is 0 Å². The van der Waals surface area contributed by atoms with Crippen molar-refractivity contribution < 1.29 is 25.9 Å². The van der Waals surface area contributed by atoms with E-state index in [4.69, 9.17) is 14.8 Å². The van der Waals surface area contributed by atoms with Gasteiger partial charge in [-0.3, -0.25) is 9.11 Å². The van der Waals surface area contributed by atoms with E-state index in [0.29, 0.717) is 5.39 Å². The van der Waals surface area contributed by atoms with Gasteiger partial charge in [0.1, 0.15) is 9.79 Å².